The second-order valence-corrected chi connectivity index (χ2v) is 6.61. The van der Waals surface area contributed by atoms with Gasteiger partial charge in [0.25, 0.3) is 5.91 Å². The Bertz CT molecular complexity index is 723. The number of thiazole rings is 1. The van der Waals surface area contributed by atoms with Gasteiger partial charge in [0.15, 0.2) is 5.13 Å². The number of amides is 2. The lowest BCUT2D eigenvalue weighted by atomic mass is 10.1. The first-order chi connectivity index (χ1) is 11.3. The van der Waals surface area contributed by atoms with Crippen molar-refractivity contribution in [2.24, 2.45) is 0 Å². The Hall–Kier alpha value is -2.41. The molecule has 0 saturated heterocycles. The highest BCUT2D eigenvalue weighted by Gasteiger charge is 2.29. The summed E-state index contributed by atoms with van der Waals surface area (Å²) in [5, 5.41) is 7.71. The summed E-state index contributed by atoms with van der Waals surface area (Å²) >= 11 is 1.34. The summed E-state index contributed by atoms with van der Waals surface area (Å²) in [6.45, 7) is 7.22. The van der Waals surface area contributed by atoms with Crippen molar-refractivity contribution in [1.29, 1.82) is 0 Å². The molecule has 2 rings (SSSR count). The smallest absolute Gasteiger partial charge is 0.251 e. The molecule has 2 aromatic rings. The maximum atomic E-state index is 12.3. The third kappa shape index (κ3) is 4.55. The standard InChI is InChI=1S/C17H21N3O3S/c1-5-23-13-8-6-12(7-9-13)14-10-24-16(18-14)19-15(22)17(3,4)20-11(2)21/h6-10H,5H2,1-4H3,(H,20,21)(H,18,19,22). The van der Waals surface area contributed by atoms with Gasteiger partial charge >= 0.3 is 0 Å². The van der Waals surface area contributed by atoms with Crippen LogP contribution >= 0.6 is 11.3 Å². The molecule has 0 bridgehead atoms. The molecule has 24 heavy (non-hydrogen) atoms. The Balaban J connectivity index is 2.07. The van der Waals surface area contributed by atoms with Gasteiger partial charge in [-0.05, 0) is 45.0 Å². The molecule has 2 N–H and O–H groups in total. The molecule has 0 radical (unpaired) electrons. The lowest BCUT2D eigenvalue weighted by Crippen LogP contribution is -2.51. The van der Waals surface area contributed by atoms with Crippen molar-refractivity contribution in [1.82, 2.24) is 10.3 Å². The zero-order valence-electron chi connectivity index (χ0n) is 14.2. The van der Waals surface area contributed by atoms with E-state index in [1.165, 1.54) is 18.3 Å². The Morgan fingerprint density at radius 3 is 2.50 bits per heavy atom. The number of aromatic nitrogens is 1. The highest BCUT2D eigenvalue weighted by atomic mass is 32.1. The number of rotatable bonds is 6. The number of hydrogen-bond donors (Lipinski definition) is 2. The zero-order valence-corrected chi connectivity index (χ0v) is 15.0. The van der Waals surface area contributed by atoms with Gasteiger partial charge in [0.1, 0.15) is 11.3 Å². The van der Waals surface area contributed by atoms with Gasteiger partial charge in [0.05, 0.1) is 12.3 Å². The molecule has 0 atom stereocenters. The van der Waals surface area contributed by atoms with Crippen molar-refractivity contribution >= 4 is 28.3 Å². The minimum Gasteiger partial charge on any atom is -0.494 e. The summed E-state index contributed by atoms with van der Waals surface area (Å²) in [6, 6.07) is 7.62. The van der Waals surface area contributed by atoms with Crippen LogP contribution in [0.25, 0.3) is 11.3 Å². The number of carbonyl (C=O) groups excluding carboxylic acids is 2. The van der Waals surface area contributed by atoms with Gasteiger partial charge in [0.2, 0.25) is 5.91 Å². The Labute approximate surface area is 145 Å². The van der Waals surface area contributed by atoms with Gasteiger partial charge in [-0.25, -0.2) is 4.98 Å². The third-order valence-electron chi connectivity index (χ3n) is 3.24. The fraction of sp³-hybridized carbons (Fsp3) is 0.353. The monoisotopic (exact) mass is 347 g/mol. The molecule has 1 heterocycles. The van der Waals surface area contributed by atoms with E-state index < -0.39 is 5.54 Å². The van der Waals surface area contributed by atoms with Crippen molar-refractivity contribution in [2.45, 2.75) is 33.2 Å². The van der Waals surface area contributed by atoms with Crippen molar-refractivity contribution in [2.75, 3.05) is 11.9 Å². The van der Waals surface area contributed by atoms with Crippen molar-refractivity contribution in [3.8, 4) is 17.0 Å². The van der Waals surface area contributed by atoms with Gasteiger partial charge < -0.3 is 10.1 Å². The van der Waals surface area contributed by atoms with Crippen LogP contribution < -0.4 is 15.4 Å². The summed E-state index contributed by atoms with van der Waals surface area (Å²) in [7, 11) is 0. The number of anilines is 1. The summed E-state index contributed by atoms with van der Waals surface area (Å²) < 4.78 is 5.41. The normalized spacial score (nSPS) is 11.0. The van der Waals surface area contributed by atoms with E-state index in [0.717, 1.165) is 17.0 Å². The Kier molecular flexibility index (Phi) is 5.56. The molecule has 7 heteroatoms. The third-order valence-corrected chi connectivity index (χ3v) is 4.00. The van der Waals surface area contributed by atoms with Gasteiger partial charge in [-0.2, -0.15) is 0 Å². The Morgan fingerprint density at radius 1 is 1.25 bits per heavy atom. The molecular formula is C17H21N3O3S. The highest BCUT2D eigenvalue weighted by Crippen LogP contribution is 2.27. The van der Waals surface area contributed by atoms with Crippen LogP contribution in [0.5, 0.6) is 5.75 Å². The average molecular weight is 347 g/mol. The molecule has 6 nitrogen and oxygen atoms in total. The van der Waals surface area contributed by atoms with Crippen LogP contribution in [0.1, 0.15) is 27.7 Å². The minimum atomic E-state index is -1.00. The maximum Gasteiger partial charge on any atom is 0.251 e. The molecule has 1 aromatic carbocycles. The summed E-state index contributed by atoms with van der Waals surface area (Å²) in [5.74, 6) is 0.233. The minimum absolute atomic E-state index is 0.260. The van der Waals surface area contributed by atoms with Gasteiger partial charge in [-0.3, -0.25) is 14.9 Å². The second-order valence-electron chi connectivity index (χ2n) is 5.76. The topological polar surface area (TPSA) is 80.3 Å². The van der Waals surface area contributed by atoms with E-state index in [0.29, 0.717) is 11.7 Å². The highest BCUT2D eigenvalue weighted by molar-refractivity contribution is 7.14. The molecule has 0 unspecified atom stereocenters. The van der Waals surface area contributed by atoms with E-state index in [1.807, 2.05) is 36.6 Å². The van der Waals surface area contributed by atoms with E-state index in [4.69, 9.17) is 4.74 Å². The lowest BCUT2D eigenvalue weighted by Gasteiger charge is -2.23. The summed E-state index contributed by atoms with van der Waals surface area (Å²) in [4.78, 5) is 27.8. The maximum absolute atomic E-state index is 12.3. The number of hydrogen-bond acceptors (Lipinski definition) is 5. The SMILES string of the molecule is CCOc1ccc(-c2csc(NC(=O)C(C)(C)NC(C)=O)n2)cc1. The largest absolute Gasteiger partial charge is 0.494 e. The number of carbonyl (C=O) groups is 2. The number of nitrogens with zero attached hydrogens (tertiary/aromatic N) is 1. The number of ether oxygens (including phenoxy) is 1. The van der Waals surface area contributed by atoms with Crippen LogP contribution in [0.15, 0.2) is 29.6 Å². The fourth-order valence-corrected chi connectivity index (χ4v) is 2.82. The van der Waals surface area contributed by atoms with Crippen LogP contribution in [-0.2, 0) is 9.59 Å². The fourth-order valence-electron chi connectivity index (χ4n) is 2.10. The number of nitrogens with one attached hydrogen (secondary N) is 2. The lowest BCUT2D eigenvalue weighted by molar-refractivity contribution is -0.128. The van der Waals surface area contributed by atoms with E-state index in [2.05, 4.69) is 15.6 Å². The molecule has 1 aromatic heterocycles. The zero-order chi connectivity index (χ0) is 17.7. The molecule has 0 aliphatic carbocycles. The molecule has 0 aliphatic heterocycles. The van der Waals surface area contributed by atoms with Crippen molar-refractivity contribution < 1.29 is 14.3 Å². The first kappa shape index (κ1) is 17.9. The summed E-state index contributed by atoms with van der Waals surface area (Å²) in [6.07, 6.45) is 0. The first-order valence-electron chi connectivity index (χ1n) is 7.61. The van der Waals surface area contributed by atoms with Crippen molar-refractivity contribution in [3.63, 3.8) is 0 Å². The Morgan fingerprint density at radius 2 is 1.92 bits per heavy atom. The molecule has 128 valence electrons. The van der Waals surface area contributed by atoms with Crippen LogP contribution in [0.2, 0.25) is 0 Å². The molecular weight excluding hydrogens is 326 g/mol. The van der Waals surface area contributed by atoms with Gasteiger partial charge in [0, 0.05) is 17.9 Å². The first-order valence-corrected chi connectivity index (χ1v) is 8.48. The molecule has 2 amide bonds. The van der Waals surface area contributed by atoms with Crippen molar-refractivity contribution in [3.05, 3.63) is 29.6 Å². The van der Waals surface area contributed by atoms with Crippen LogP contribution in [0, 0.1) is 0 Å². The molecule has 0 fully saturated rings. The van der Waals surface area contributed by atoms with Crippen LogP contribution in [0.3, 0.4) is 0 Å². The summed E-state index contributed by atoms with van der Waals surface area (Å²) in [5.41, 5.74) is 0.712. The van der Waals surface area contributed by atoms with E-state index >= 15 is 0 Å². The van der Waals surface area contributed by atoms with E-state index in [1.54, 1.807) is 13.8 Å². The average Bonchev–Trinajstić information content (AvgIpc) is 2.95. The van der Waals surface area contributed by atoms with Gasteiger partial charge in [-0.1, -0.05) is 0 Å². The quantitative estimate of drug-likeness (QED) is 0.841. The van der Waals surface area contributed by atoms with Crippen LogP contribution in [-0.4, -0.2) is 28.9 Å². The second kappa shape index (κ2) is 7.44. The predicted octanol–water partition coefficient (Wildman–Crippen LogP) is 3.06. The van der Waals surface area contributed by atoms with E-state index in [9.17, 15) is 9.59 Å². The predicted molar refractivity (Wildman–Crippen MR) is 95.2 cm³/mol. The molecule has 0 aliphatic rings. The van der Waals surface area contributed by atoms with Crippen LogP contribution in [0.4, 0.5) is 5.13 Å². The number of benzene rings is 1. The van der Waals surface area contributed by atoms with Gasteiger partial charge in [-0.15, -0.1) is 11.3 Å². The van der Waals surface area contributed by atoms with E-state index in [-0.39, 0.29) is 11.8 Å². The molecule has 0 spiro atoms. The molecule has 0 saturated carbocycles.